The monoisotopic (exact) mass is 263 g/mol. The third-order valence-corrected chi connectivity index (χ3v) is 4.92. The van der Waals surface area contributed by atoms with Crippen molar-refractivity contribution in [2.24, 2.45) is 0 Å². The third kappa shape index (κ3) is 1.73. The molecule has 4 rings (SSSR count). The zero-order chi connectivity index (χ0) is 13.7. The standard InChI is InChI=1S/C19H21N/c1-20(2)12-14-7-5-9-17-18-11-15(19(14)17)10-13-6-3-4-8-16(13)18/h3-9,15,18H,10-12H2,1-2H3. The molecule has 2 aromatic rings. The first-order valence-corrected chi connectivity index (χ1v) is 7.58. The van der Waals surface area contributed by atoms with Gasteiger partial charge in [0.2, 0.25) is 0 Å². The maximum absolute atomic E-state index is 2.36. The maximum atomic E-state index is 2.36. The molecule has 2 unspecified atom stereocenters. The Morgan fingerprint density at radius 3 is 2.65 bits per heavy atom. The average Bonchev–Trinajstić information content (AvgIpc) is 2.74. The van der Waals surface area contributed by atoms with Crippen LogP contribution in [0.5, 0.6) is 0 Å². The van der Waals surface area contributed by atoms with Crippen LogP contribution in [0.25, 0.3) is 0 Å². The second kappa shape index (κ2) is 4.46. The fourth-order valence-electron chi connectivity index (χ4n) is 4.25. The van der Waals surface area contributed by atoms with Crippen LogP contribution in [0.15, 0.2) is 42.5 Å². The normalized spacial score (nSPS) is 22.8. The quantitative estimate of drug-likeness (QED) is 0.793. The van der Waals surface area contributed by atoms with Crippen LogP contribution in [0.1, 0.15) is 46.1 Å². The number of nitrogens with zero attached hydrogens (tertiary/aromatic N) is 1. The van der Waals surface area contributed by atoms with Crippen molar-refractivity contribution in [2.75, 3.05) is 14.1 Å². The molecule has 0 amide bonds. The fraction of sp³-hybridized carbons (Fsp3) is 0.368. The first-order chi connectivity index (χ1) is 9.74. The Labute approximate surface area is 121 Å². The van der Waals surface area contributed by atoms with E-state index in [1.807, 2.05) is 0 Å². The van der Waals surface area contributed by atoms with Gasteiger partial charge < -0.3 is 4.90 Å². The van der Waals surface area contributed by atoms with Gasteiger partial charge in [-0.1, -0.05) is 42.5 Å². The maximum Gasteiger partial charge on any atom is 0.0230 e. The lowest BCUT2D eigenvalue weighted by atomic mass is 9.81. The summed E-state index contributed by atoms with van der Waals surface area (Å²) >= 11 is 0. The van der Waals surface area contributed by atoms with Gasteiger partial charge in [-0.05, 0) is 60.7 Å². The van der Waals surface area contributed by atoms with E-state index in [-0.39, 0.29) is 0 Å². The summed E-state index contributed by atoms with van der Waals surface area (Å²) in [6.07, 6.45) is 2.54. The van der Waals surface area contributed by atoms with Crippen LogP contribution >= 0.6 is 0 Å². The summed E-state index contributed by atoms with van der Waals surface area (Å²) in [5, 5.41) is 0. The van der Waals surface area contributed by atoms with Crippen molar-refractivity contribution < 1.29 is 0 Å². The lowest BCUT2D eigenvalue weighted by Gasteiger charge is -2.23. The number of benzene rings is 2. The summed E-state index contributed by atoms with van der Waals surface area (Å²) in [5.74, 6) is 1.38. The highest BCUT2D eigenvalue weighted by Gasteiger charge is 2.38. The van der Waals surface area contributed by atoms with Gasteiger partial charge in [-0.25, -0.2) is 0 Å². The Balaban J connectivity index is 1.85. The molecule has 0 radical (unpaired) electrons. The Kier molecular flexibility index (Phi) is 2.71. The highest BCUT2D eigenvalue weighted by Crippen LogP contribution is 2.52. The second-order valence-corrected chi connectivity index (χ2v) is 6.55. The molecule has 0 saturated heterocycles. The third-order valence-electron chi connectivity index (χ3n) is 4.92. The van der Waals surface area contributed by atoms with Crippen LogP contribution in [-0.4, -0.2) is 19.0 Å². The van der Waals surface area contributed by atoms with E-state index in [2.05, 4.69) is 61.5 Å². The van der Waals surface area contributed by atoms with Gasteiger partial charge >= 0.3 is 0 Å². The average molecular weight is 263 g/mol. The first kappa shape index (κ1) is 12.2. The van der Waals surface area contributed by atoms with E-state index in [4.69, 9.17) is 0 Å². The second-order valence-electron chi connectivity index (χ2n) is 6.55. The highest BCUT2D eigenvalue weighted by atomic mass is 15.0. The van der Waals surface area contributed by atoms with Crippen LogP contribution < -0.4 is 0 Å². The minimum Gasteiger partial charge on any atom is -0.305 e. The van der Waals surface area contributed by atoms with Gasteiger partial charge in [0.05, 0.1) is 0 Å². The van der Waals surface area contributed by atoms with Gasteiger partial charge in [-0.15, -0.1) is 0 Å². The Morgan fingerprint density at radius 2 is 1.80 bits per heavy atom. The van der Waals surface area contributed by atoms with E-state index in [1.165, 1.54) is 18.4 Å². The van der Waals surface area contributed by atoms with Crippen molar-refractivity contribution in [3.8, 4) is 0 Å². The number of hydrogen-bond donors (Lipinski definition) is 0. The number of fused-ring (bicyclic) bond motifs is 7. The number of hydrogen-bond acceptors (Lipinski definition) is 1. The summed E-state index contributed by atoms with van der Waals surface area (Å²) in [4.78, 5) is 2.28. The smallest absolute Gasteiger partial charge is 0.0230 e. The van der Waals surface area contributed by atoms with Crippen molar-refractivity contribution in [1.82, 2.24) is 4.90 Å². The molecular formula is C19H21N. The molecule has 0 spiro atoms. The van der Waals surface area contributed by atoms with Crippen molar-refractivity contribution >= 4 is 0 Å². The fourth-order valence-corrected chi connectivity index (χ4v) is 4.25. The molecule has 2 aliphatic carbocycles. The topological polar surface area (TPSA) is 3.24 Å². The lowest BCUT2D eigenvalue weighted by molar-refractivity contribution is 0.399. The zero-order valence-electron chi connectivity index (χ0n) is 12.3. The molecule has 0 heterocycles. The van der Waals surface area contributed by atoms with Gasteiger partial charge in [0.25, 0.3) is 0 Å². The van der Waals surface area contributed by atoms with Crippen LogP contribution in [0.3, 0.4) is 0 Å². The summed E-state index contributed by atoms with van der Waals surface area (Å²) in [6.45, 7) is 1.06. The highest BCUT2D eigenvalue weighted by molar-refractivity contribution is 5.54. The predicted octanol–water partition coefficient (Wildman–Crippen LogP) is 3.92. The van der Waals surface area contributed by atoms with Crippen LogP contribution in [-0.2, 0) is 13.0 Å². The van der Waals surface area contributed by atoms with E-state index in [0.29, 0.717) is 5.92 Å². The summed E-state index contributed by atoms with van der Waals surface area (Å²) in [7, 11) is 4.32. The Bertz CT molecular complexity index is 657. The Hall–Kier alpha value is -1.60. The minimum atomic E-state index is 0.641. The molecule has 20 heavy (non-hydrogen) atoms. The van der Waals surface area contributed by atoms with Crippen LogP contribution in [0, 0.1) is 0 Å². The molecule has 0 fully saturated rings. The lowest BCUT2D eigenvalue weighted by Crippen LogP contribution is -2.14. The van der Waals surface area contributed by atoms with E-state index < -0.39 is 0 Å². The van der Waals surface area contributed by atoms with Crippen molar-refractivity contribution in [3.05, 3.63) is 70.3 Å². The largest absolute Gasteiger partial charge is 0.305 e. The van der Waals surface area contributed by atoms with Crippen LogP contribution in [0.4, 0.5) is 0 Å². The molecule has 102 valence electrons. The SMILES string of the molecule is CN(C)Cc1cccc2c1C1Cc3ccccc3C2C1. The van der Waals surface area contributed by atoms with E-state index in [1.54, 1.807) is 22.3 Å². The van der Waals surface area contributed by atoms with Gasteiger partial charge in [0.15, 0.2) is 0 Å². The van der Waals surface area contributed by atoms with Gasteiger partial charge in [-0.2, -0.15) is 0 Å². The molecule has 2 aromatic carbocycles. The molecule has 2 bridgehead atoms. The first-order valence-electron chi connectivity index (χ1n) is 7.58. The number of rotatable bonds is 2. The van der Waals surface area contributed by atoms with Crippen LogP contribution in [0.2, 0.25) is 0 Å². The molecule has 1 nitrogen and oxygen atoms in total. The van der Waals surface area contributed by atoms with Crippen molar-refractivity contribution in [2.45, 2.75) is 31.2 Å². The summed E-state index contributed by atoms with van der Waals surface area (Å²) < 4.78 is 0. The molecule has 1 heteroatoms. The summed E-state index contributed by atoms with van der Waals surface area (Å²) in [5.41, 5.74) is 7.93. The van der Waals surface area contributed by atoms with E-state index in [9.17, 15) is 0 Å². The predicted molar refractivity (Wildman–Crippen MR) is 83.2 cm³/mol. The van der Waals surface area contributed by atoms with Gasteiger partial charge in [0, 0.05) is 12.5 Å². The van der Waals surface area contributed by atoms with Crippen molar-refractivity contribution in [1.29, 1.82) is 0 Å². The van der Waals surface area contributed by atoms with Gasteiger partial charge in [0.1, 0.15) is 0 Å². The Morgan fingerprint density at radius 1 is 1.00 bits per heavy atom. The molecule has 0 N–H and O–H groups in total. The minimum absolute atomic E-state index is 0.641. The summed E-state index contributed by atoms with van der Waals surface area (Å²) in [6, 6.07) is 16.0. The molecule has 0 aromatic heterocycles. The zero-order valence-corrected chi connectivity index (χ0v) is 12.3. The molecule has 2 aliphatic rings. The van der Waals surface area contributed by atoms with Gasteiger partial charge in [-0.3, -0.25) is 0 Å². The molecule has 0 aliphatic heterocycles. The van der Waals surface area contributed by atoms with E-state index >= 15 is 0 Å². The molecular weight excluding hydrogens is 242 g/mol. The molecule has 0 saturated carbocycles. The van der Waals surface area contributed by atoms with Crippen molar-refractivity contribution in [3.63, 3.8) is 0 Å². The van der Waals surface area contributed by atoms with E-state index in [0.717, 1.165) is 12.5 Å². The molecule has 2 atom stereocenters.